The molecule has 6 nitrogen and oxygen atoms in total. The smallest absolute Gasteiger partial charge is 0.354 e. The number of ether oxygens (including phenoxy) is 1. The summed E-state index contributed by atoms with van der Waals surface area (Å²) in [7, 11) is 0. The highest BCUT2D eigenvalue weighted by molar-refractivity contribution is 5.91. The second-order valence-corrected chi connectivity index (χ2v) is 7.09. The van der Waals surface area contributed by atoms with Gasteiger partial charge < -0.3 is 9.72 Å². The first-order valence-corrected chi connectivity index (χ1v) is 8.16. The van der Waals surface area contributed by atoms with E-state index in [1.807, 2.05) is 25.5 Å². The van der Waals surface area contributed by atoms with Crippen LogP contribution < -0.4 is 5.43 Å². The third kappa shape index (κ3) is 2.66. The lowest BCUT2D eigenvalue weighted by atomic mass is 9.82. The Morgan fingerprint density at radius 1 is 1.43 bits per heavy atom. The van der Waals surface area contributed by atoms with E-state index in [1.165, 1.54) is 12.5 Å². The maximum absolute atomic E-state index is 12.6. The minimum absolute atomic E-state index is 0.167. The van der Waals surface area contributed by atoms with Gasteiger partial charge in [0.15, 0.2) is 5.43 Å². The van der Waals surface area contributed by atoms with Crippen molar-refractivity contribution in [3.05, 3.63) is 27.7 Å². The number of rotatable bonds is 3. The average molecular weight is 317 g/mol. The van der Waals surface area contributed by atoms with Gasteiger partial charge in [-0.2, -0.15) is 5.10 Å². The zero-order valence-electron chi connectivity index (χ0n) is 14.1. The molecule has 0 unspecified atom stereocenters. The number of nitrogens with zero attached hydrogens (tertiary/aromatic N) is 2. The topological polar surface area (TPSA) is 77.0 Å². The SMILES string of the molecule is CCOC(=O)c1cc(=O)c2c(C3CCC3)nn(C(C)(C)C)c2[nH]1. The van der Waals surface area contributed by atoms with Gasteiger partial charge in [0.1, 0.15) is 11.3 Å². The molecule has 0 bridgehead atoms. The molecule has 1 aliphatic rings. The number of nitrogens with one attached hydrogen (secondary N) is 1. The molecule has 0 atom stereocenters. The number of aromatic nitrogens is 3. The van der Waals surface area contributed by atoms with Crippen LogP contribution in [0.2, 0.25) is 0 Å². The first-order valence-electron chi connectivity index (χ1n) is 8.16. The van der Waals surface area contributed by atoms with Crippen molar-refractivity contribution in [1.82, 2.24) is 14.8 Å². The Kier molecular flexibility index (Phi) is 3.78. The molecule has 1 aliphatic carbocycles. The predicted octanol–water partition coefficient (Wildman–Crippen LogP) is 2.92. The van der Waals surface area contributed by atoms with Crippen LogP contribution in [0.5, 0.6) is 0 Å². The van der Waals surface area contributed by atoms with Crippen LogP contribution in [0.4, 0.5) is 0 Å². The molecule has 0 amide bonds. The van der Waals surface area contributed by atoms with Crippen molar-refractivity contribution < 1.29 is 9.53 Å². The van der Waals surface area contributed by atoms with Crippen LogP contribution in [0.3, 0.4) is 0 Å². The number of carbonyl (C=O) groups is 1. The Hall–Kier alpha value is -2.11. The van der Waals surface area contributed by atoms with E-state index in [1.54, 1.807) is 6.92 Å². The van der Waals surface area contributed by atoms with Crippen LogP contribution in [0.25, 0.3) is 11.0 Å². The lowest BCUT2D eigenvalue weighted by molar-refractivity contribution is 0.0519. The Morgan fingerprint density at radius 2 is 2.13 bits per heavy atom. The number of esters is 1. The molecule has 2 heterocycles. The van der Waals surface area contributed by atoms with E-state index in [-0.39, 0.29) is 23.3 Å². The fraction of sp³-hybridized carbons (Fsp3) is 0.588. The Labute approximate surface area is 134 Å². The van der Waals surface area contributed by atoms with Gasteiger partial charge in [0.2, 0.25) is 0 Å². The lowest BCUT2D eigenvalue weighted by Gasteiger charge is -2.24. The molecular formula is C17H23N3O3. The molecular weight excluding hydrogens is 294 g/mol. The molecule has 2 aromatic heterocycles. The van der Waals surface area contributed by atoms with Crippen molar-refractivity contribution in [2.24, 2.45) is 0 Å². The van der Waals surface area contributed by atoms with Gasteiger partial charge in [-0.25, -0.2) is 9.48 Å². The molecule has 0 aromatic carbocycles. The van der Waals surface area contributed by atoms with E-state index in [0.29, 0.717) is 17.0 Å². The molecule has 2 aromatic rings. The van der Waals surface area contributed by atoms with Crippen LogP contribution in [0.15, 0.2) is 10.9 Å². The number of H-pyrrole nitrogens is 1. The maximum atomic E-state index is 12.6. The molecule has 1 N–H and O–H groups in total. The monoisotopic (exact) mass is 317 g/mol. The van der Waals surface area contributed by atoms with Crippen molar-refractivity contribution >= 4 is 17.0 Å². The lowest BCUT2D eigenvalue weighted by Crippen LogP contribution is -2.24. The van der Waals surface area contributed by atoms with Crippen LogP contribution in [0, 0.1) is 0 Å². The number of fused-ring (bicyclic) bond motifs is 1. The van der Waals surface area contributed by atoms with Gasteiger partial charge in [-0.3, -0.25) is 4.79 Å². The maximum Gasteiger partial charge on any atom is 0.354 e. The summed E-state index contributed by atoms with van der Waals surface area (Å²) in [5.74, 6) is -0.172. The number of aromatic amines is 1. The molecule has 6 heteroatoms. The molecule has 23 heavy (non-hydrogen) atoms. The van der Waals surface area contributed by atoms with Crippen molar-refractivity contribution in [3.8, 4) is 0 Å². The molecule has 1 fully saturated rings. The third-order valence-corrected chi connectivity index (χ3v) is 4.31. The molecule has 0 spiro atoms. The first kappa shape index (κ1) is 15.8. The summed E-state index contributed by atoms with van der Waals surface area (Å²) in [5.41, 5.74) is 1.18. The van der Waals surface area contributed by atoms with Gasteiger partial charge in [-0.15, -0.1) is 0 Å². The second kappa shape index (κ2) is 5.51. The van der Waals surface area contributed by atoms with Gasteiger partial charge in [-0.05, 0) is 40.5 Å². The van der Waals surface area contributed by atoms with Crippen molar-refractivity contribution in [3.63, 3.8) is 0 Å². The molecule has 0 aliphatic heterocycles. The van der Waals surface area contributed by atoms with E-state index >= 15 is 0 Å². The quantitative estimate of drug-likeness (QED) is 0.883. The molecule has 124 valence electrons. The normalized spacial score (nSPS) is 15.7. The minimum atomic E-state index is -0.515. The molecule has 0 saturated heterocycles. The van der Waals surface area contributed by atoms with Gasteiger partial charge in [0.05, 0.1) is 23.2 Å². The predicted molar refractivity (Wildman–Crippen MR) is 87.9 cm³/mol. The van der Waals surface area contributed by atoms with Crippen molar-refractivity contribution in [2.45, 2.75) is 58.4 Å². The number of hydrogen-bond donors (Lipinski definition) is 1. The highest BCUT2D eigenvalue weighted by Crippen LogP contribution is 2.38. The highest BCUT2D eigenvalue weighted by atomic mass is 16.5. The Bertz CT molecular complexity index is 807. The molecule has 0 radical (unpaired) electrons. The van der Waals surface area contributed by atoms with E-state index in [2.05, 4.69) is 4.98 Å². The van der Waals surface area contributed by atoms with E-state index in [0.717, 1.165) is 18.5 Å². The largest absolute Gasteiger partial charge is 0.461 e. The Balaban J connectivity index is 2.25. The van der Waals surface area contributed by atoms with E-state index in [4.69, 9.17) is 9.84 Å². The first-order chi connectivity index (χ1) is 10.8. The van der Waals surface area contributed by atoms with Crippen LogP contribution >= 0.6 is 0 Å². The molecule has 1 saturated carbocycles. The van der Waals surface area contributed by atoms with Gasteiger partial charge >= 0.3 is 5.97 Å². The number of pyridine rings is 1. The summed E-state index contributed by atoms with van der Waals surface area (Å²) in [5, 5.41) is 5.33. The molecule has 3 rings (SSSR count). The van der Waals surface area contributed by atoms with Gasteiger partial charge in [0, 0.05) is 12.0 Å². The fourth-order valence-corrected chi connectivity index (χ4v) is 2.93. The zero-order valence-corrected chi connectivity index (χ0v) is 14.1. The standard InChI is InChI=1S/C17H23N3O3/c1-5-23-16(22)11-9-12(21)13-14(10-7-6-8-10)19-20(15(13)18-11)17(2,3)4/h9-10H,5-8H2,1-4H3,(H,18,21). The van der Waals surface area contributed by atoms with Gasteiger partial charge in [-0.1, -0.05) is 6.42 Å². The van der Waals surface area contributed by atoms with Gasteiger partial charge in [0.25, 0.3) is 0 Å². The summed E-state index contributed by atoms with van der Waals surface area (Å²) in [4.78, 5) is 27.7. The summed E-state index contributed by atoms with van der Waals surface area (Å²) in [6, 6.07) is 1.33. The average Bonchev–Trinajstić information content (AvgIpc) is 2.77. The zero-order chi connectivity index (χ0) is 16.8. The summed E-state index contributed by atoms with van der Waals surface area (Å²) in [6.45, 7) is 8.09. The van der Waals surface area contributed by atoms with Crippen LogP contribution in [-0.2, 0) is 10.3 Å². The fourth-order valence-electron chi connectivity index (χ4n) is 2.93. The van der Waals surface area contributed by atoms with E-state index in [9.17, 15) is 9.59 Å². The Morgan fingerprint density at radius 3 is 2.65 bits per heavy atom. The van der Waals surface area contributed by atoms with Crippen molar-refractivity contribution in [1.29, 1.82) is 0 Å². The minimum Gasteiger partial charge on any atom is -0.461 e. The summed E-state index contributed by atoms with van der Waals surface area (Å²) < 4.78 is 6.82. The second-order valence-electron chi connectivity index (χ2n) is 7.09. The highest BCUT2D eigenvalue weighted by Gasteiger charge is 2.30. The third-order valence-electron chi connectivity index (χ3n) is 4.31. The van der Waals surface area contributed by atoms with Crippen LogP contribution in [-0.4, -0.2) is 27.3 Å². The summed E-state index contributed by atoms with van der Waals surface area (Å²) in [6.07, 6.45) is 3.30. The van der Waals surface area contributed by atoms with E-state index < -0.39 is 5.97 Å². The van der Waals surface area contributed by atoms with Crippen LogP contribution in [0.1, 0.15) is 69.1 Å². The number of hydrogen-bond acceptors (Lipinski definition) is 4. The number of carbonyl (C=O) groups excluding carboxylic acids is 1. The summed E-state index contributed by atoms with van der Waals surface area (Å²) >= 11 is 0. The van der Waals surface area contributed by atoms with Crippen molar-refractivity contribution in [2.75, 3.05) is 6.61 Å².